The van der Waals surface area contributed by atoms with Crippen molar-refractivity contribution in [3.05, 3.63) is 87.0 Å². The fourth-order valence-corrected chi connectivity index (χ4v) is 8.93. The summed E-state index contributed by atoms with van der Waals surface area (Å²) in [6, 6.07) is 10.7. The highest BCUT2D eigenvalue weighted by atomic mass is 32.2. The minimum absolute atomic E-state index is 0.0286. The molecule has 0 aliphatic carbocycles. The van der Waals surface area contributed by atoms with Gasteiger partial charge in [0.2, 0.25) is 22.2 Å². The number of hydrogen-bond acceptors (Lipinski definition) is 13. The summed E-state index contributed by atoms with van der Waals surface area (Å²) in [5, 5.41) is 30.3. The van der Waals surface area contributed by atoms with Gasteiger partial charge in [-0.15, -0.1) is 0 Å². The fraction of sp³-hybridized carbons (Fsp3) is 0.537. The zero-order chi connectivity index (χ0) is 46.3. The number of aliphatic hydroxyl groups excluding tert-OH is 2. The van der Waals surface area contributed by atoms with Gasteiger partial charge in [-0.05, 0) is 65.5 Å². The number of rotatable bonds is 13. The molecule has 0 bridgehead atoms. The number of sulfonamides is 1. The number of aliphatic hydroxyl groups is 2. The van der Waals surface area contributed by atoms with E-state index in [9.17, 15) is 36.7 Å². The van der Waals surface area contributed by atoms with Crippen molar-refractivity contribution < 1.29 is 51.7 Å². The number of amidine groups is 1. The average Bonchev–Trinajstić information content (AvgIpc) is 3.46. The number of nitrogen functional groups attached to an aromatic ring is 1. The molecule has 2 fully saturated rings. The minimum Gasteiger partial charge on any atom is -0.450 e. The van der Waals surface area contributed by atoms with Crippen LogP contribution in [-0.2, 0) is 30.7 Å². The van der Waals surface area contributed by atoms with Crippen molar-refractivity contribution in [2.45, 2.75) is 108 Å². The quantitative estimate of drug-likeness (QED) is 0.0625. The molecule has 1 aromatic heterocycles. The number of carbonyl (C=O) groups excluding carboxylic acids is 2. The molecule has 0 spiro atoms. The molecule has 342 valence electrons. The van der Waals surface area contributed by atoms with Gasteiger partial charge in [-0.3, -0.25) is 9.36 Å². The van der Waals surface area contributed by atoms with Crippen LogP contribution in [0.5, 0.6) is 0 Å². The molecule has 2 aromatic carbocycles. The first-order chi connectivity index (χ1) is 29.1. The van der Waals surface area contributed by atoms with Crippen molar-refractivity contribution in [1.29, 1.82) is 0 Å². The second-order valence-corrected chi connectivity index (χ2v) is 17.6. The number of aromatic nitrogens is 2. The van der Waals surface area contributed by atoms with Crippen LogP contribution < -0.4 is 21.9 Å². The van der Waals surface area contributed by atoms with Crippen molar-refractivity contribution >= 4 is 33.7 Å². The van der Waals surface area contributed by atoms with Crippen molar-refractivity contribution in [3.8, 4) is 0 Å². The Bertz CT molecular complexity index is 2220. The van der Waals surface area contributed by atoms with Crippen molar-refractivity contribution in [1.82, 2.24) is 24.1 Å². The number of nitrogens with two attached hydrogens (primary N) is 2. The van der Waals surface area contributed by atoms with Crippen molar-refractivity contribution in [2.75, 3.05) is 45.1 Å². The van der Waals surface area contributed by atoms with Gasteiger partial charge in [0.25, 0.3) is 0 Å². The number of nitrogens with one attached hydrogen (secondary N) is 1. The van der Waals surface area contributed by atoms with Gasteiger partial charge >= 0.3 is 17.7 Å². The second-order valence-electron chi connectivity index (χ2n) is 15.9. The molecular weight excluding hydrogens is 835 g/mol. The smallest absolute Gasteiger partial charge is 0.409 e. The minimum atomic E-state index is -4.19. The molecule has 3 heterocycles. The molecule has 8 N–H and O–H groups in total. The van der Waals surface area contributed by atoms with Gasteiger partial charge in [-0.1, -0.05) is 77.0 Å². The van der Waals surface area contributed by atoms with Crippen LogP contribution in [0, 0.1) is 0 Å². The predicted octanol–water partition coefficient (Wildman–Crippen LogP) is 3.05. The Morgan fingerprint density at radius 3 is 2.11 bits per heavy atom. The summed E-state index contributed by atoms with van der Waals surface area (Å²) in [5.74, 6) is -4.28. The molecule has 2 saturated heterocycles. The lowest BCUT2D eigenvalue weighted by molar-refractivity contribution is -0.140. The average molecular weight is 893 g/mol. The summed E-state index contributed by atoms with van der Waals surface area (Å²) < 4.78 is 69.3. The SMILES string of the molecule is CCOC(=O)N1CCN(C(=O)[C@H](Cc2cccc(/C(N)=N/O)c2)NS(=O)(=O)c2c(C(C)C)cc(C(C)C)cc2C(C)C)CC1.Nc1ccn([C@@H]2O[C@H](CO)[C@@H](O)C2(F)F)c(=O)n1. The van der Waals surface area contributed by atoms with E-state index < -0.39 is 64.7 Å². The molecule has 0 unspecified atom stereocenters. The molecule has 2 aliphatic rings. The third-order valence-electron chi connectivity index (χ3n) is 10.5. The summed E-state index contributed by atoms with van der Waals surface area (Å²) in [7, 11) is -4.19. The molecule has 0 saturated carbocycles. The maximum atomic E-state index is 14.4. The zero-order valence-electron chi connectivity index (χ0n) is 35.9. The maximum absolute atomic E-state index is 14.4. The second kappa shape index (κ2) is 20.8. The van der Waals surface area contributed by atoms with Gasteiger partial charge < -0.3 is 46.2 Å². The number of piperazine rings is 1. The van der Waals surface area contributed by atoms with Crippen molar-refractivity contribution in [2.24, 2.45) is 10.9 Å². The Kier molecular flexibility index (Phi) is 16.6. The molecule has 2 amide bonds. The van der Waals surface area contributed by atoms with E-state index in [1.165, 1.54) is 4.90 Å². The largest absolute Gasteiger partial charge is 0.450 e. The van der Waals surface area contributed by atoms with Gasteiger partial charge in [0.1, 0.15) is 18.0 Å². The number of benzene rings is 2. The molecule has 5 rings (SSSR count). The number of carbonyl (C=O) groups is 2. The summed E-state index contributed by atoms with van der Waals surface area (Å²) >= 11 is 0. The summed E-state index contributed by atoms with van der Waals surface area (Å²) in [5.41, 5.74) is 13.5. The predicted molar refractivity (Wildman–Crippen MR) is 226 cm³/mol. The van der Waals surface area contributed by atoms with E-state index in [2.05, 4.69) is 28.7 Å². The van der Waals surface area contributed by atoms with Gasteiger partial charge in [0, 0.05) is 37.9 Å². The van der Waals surface area contributed by atoms with Crippen LogP contribution in [0.3, 0.4) is 0 Å². The molecule has 4 atom stereocenters. The van der Waals surface area contributed by atoms with Gasteiger partial charge in [0.05, 0.1) is 18.1 Å². The number of ether oxygens (including phenoxy) is 2. The molecule has 62 heavy (non-hydrogen) atoms. The molecular formula is C41H58F2N8O10S. The van der Waals surface area contributed by atoms with Crippen LogP contribution in [0.4, 0.5) is 19.4 Å². The first-order valence-electron chi connectivity index (χ1n) is 20.2. The van der Waals surface area contributed by atoms with Gasteiger partial charge in [-0.2, -0.15) is 18.5 Å². The lowest BCUT2D eigenvalue weighted by atomic mass is 9.89. The van der Waals surface area contributed by atoms with Crippen molar-refractivity contribution in [3.63, 3.8) is 0 Å². The van der Waals surface area contributed by atoms with E-state index in [0.29, 0.717) is 26.8 Å². The normalized spacial score (nSPS) is 19.7. The first kappa shape index (κ1) is 49.4. The van der Waals surface area contributed by atoms with E-state index in [4.69, 9.17) is 31.3 Å². The van der Waals surface area contributed by atoms with Crippen LogP contribution in [0.15, 0.2) is 63.5 Å². The van der Waals surface area contributed by atoms with Gasteiger partial charge in [-0.25, -0.2) is 18.0 Å². The topological polar surface area (TPSA) is 265 Å². The Balaban J connectivity index is 0.000000388. The van der Waals surface area contributed by atoms with E-state index in [1.807, 2.05) is 39.8 Å². The van der Waals surface area contributed by atoms with Crippen LogP contribution in [0.2, 0.25) is 0 Å². The van der Waals surface area contributed by atoms with E-state index in [-0.39, 0.29) is 73.5 Å². The molecule has 0 radical (unpaired) electrons. The number of nitrogens with zero attached hydrogens (tertiary/aromatic N) is 5. The summed E-state index contributed by atoms with van der Waals surface area (Å²) in [4.78, 5) is 44.3. The maximum Gasteiger partial charge on any atom is 0.409 e. The number of anilines is 1. The highest BCUT2D eigenvalue weighted by molar-refractivity contribution is 7.89. The number of hydrogen-bond donors (Lipinski definition) is 6. The van der Waals surface area contributed by atoms with E-state index in [0.717, 1.165) is 17.8 Å². The Morgan fingerprint density at radius 1 is 1.02 bits per heavy atom. The highest BCUT2D eigenvalue weighted by Gasteiger charge is 2.59. The standard InChI is InChI=1S/C32H47N5O6S.C9H11F2N3O4/c1-8-43-32(39)37-14-12-36(13-15-37)31(38)28(17-23-10-9-11-24(16-23)30(33)34-40)35-44(41,42)29-26(21(4)5)18-25(20(2)3)19-27(29)22(6)7;10-9(11)6(16)4(3-15)18-7(9)14-2-1-5(12)13-8(14)17/h9-11,16,18-22,28,35,40H,8,12-15,17H2,1-7H3,(H2,33,34);1-2,4,6-7,15-16H,3H2,(H2,12,13,17)/t28-;4-,6-,7-/m01/s1. The number of oxime groups is 1. The summed E-state index contributed by atoms with van der Waals surface area (Å²) in [6.45, 7) is 14.2. The van der Waals surface area contributed by atoms with Crippen LogP contribution >= 0.6 is 0 Å². The van der Waals surface area contributed by atoms with E-state index >= 15 is 0 Å². The molecule has 2 aliphatic heterocycles. The summed E-state index contributed by atoms with van der Waals surface area (Å²) in [6.07, 6.45) is -5.10. The molecule has 18 nitrogen and oxygen atoms in total. The lowest BCUT2D eigenvalue weighted by Gasteiger charge is -2.36. The van der Waals surface area contributed by atoms with Crippen LogP contribution in [0.25, 0.3) is 0 Å². The third kappa shape index (κ3) is 11.4. The lowest BCUT2D eigenvalue weighted by Crippen LogP contribution is -2.56. The Labute approximate surface area is 359 Å². The number of amides is 2. The number of halogens is 2. The zero-order valence-corrected chi connectivity index (χ0v) is 36.7. The van der Waals surface area contributed by atoms with Crippen LogP contribution in [-0.4, -0.2) is 125 Å². The molecule has 21 heteroatoms. The third-order valence-corrected chi connectivity index (χ3v) is 12.1. The Hall–Kier alpha value is -5.22. The first-order valence-corrected chi connectivity index (χ1v) is 21.7. The van der Waals surface area contributed by atoms with Gasteiger partial charge in [0.15, 0.2) is 11.9 Å². The highest BCUT2D eigenvalue weighted by Crippen LogP contribution is 2.42. The number of alkyl halides is 2. The fourth-order valence-electron chi connectivity index (χ4n) is 7.04. The van der Waals surface area contributed by atoms with Crippen LogP contribution in [0.1, 0.15) is 100 Å². The van der Waals surface area contributed by atoms with E-state index in [1.54, 1.807) is 36.1 Å². The molecule has 3 aromatic rings. The monoisotopic (exact) mass is 892 g/mol. The Morgan fingerprint density at radius 2 is 1.61 bits per heavy atom.